The molecule has 0 bridgehead atoms. The fourth-order valence-corrected chi connectivity index (χ4v) is 2.79. The van der Waals surface area contributed by atoms with Gasteiger partial charge in [0.2, 0.25) is 11.8 Å². The summed E-state index contributed by atoms with van der Waals surface area (Å²) in [5.41, 5.74) is 8.20. The topological polar surface area (TPSA) is 102 Å². The average Bonchev–Trinajstić information content (AvgIpc) is 2.93. The van der Waals surface area contributed by atoms with E-state index in [-0.39, 0.29) is 24.2 Å². The van der Waals surface area contributed by atoms with Crippen molar-refractivity contribution in [1.29, 1.82) is 0 Å². The molecule has 0 aliphatic heterocycles. The summed E-state index contributed by atoms with van der Waals surface area (Å²) in [6.07, 6.45) is 0.977. The number of hydrogen-bond acceptors (Lipinski definition) is 4. The second kappa shape index (κ2) is 10.3. The molecule has 0 spiro atoms. The van der Waals surface area contributed by atoms with Crippen molar-refractivity contribution < 1.29 is 9.59 Å². The van der Waals surface area contributed by atoms with Crippen molar-refractivity contribution in [2.75, 3.05) is 17.2 Å². The molecule has 0 aliphatic rings. The van der Waals surface area contributed by atoms with Crippen LogP contribution in [0.5, 0.6) is 0 Å². The van der Waals surface area contributed by atoms with E-state index < -0.39 is 6.04 Å². The van der Waals surface area contributed by atoms with Crippen LogP contribution in [0.1, 0.15) is 37.2 Å². The first-order valence-electron chi connectivity index (χ1n) is 8.45. The van der Waals surface area contributed by atoms with Crippen molar-refractivity contribution in [3.05, 3.63) is 40.7 Å². The van der Waals surface area contributed by atoms with Crippen LogP contribution >= 0.6 is 24.0 Å². The minimum Gasteiger partial charge on any atom is -0.330 e. The van der Waals surface area contributed by atoms with E-state index >= 15 is 0 Å². The summed E-state index contributed by atoms with van der Waals surface area (Å²) >= 11 is 6.24. The summed E-state index contributed by atoms with van der Waals surface area (Å²) in [6.45, 7) is 6.02. The average molecular weight is 414 g/mol. The normalized spacial score (nSPS) is 11.4. The lowest BCUT2D eigenvalue weighted by molar-refractivity contribution is -0.119. The number of nitrogens with two attached hydrogens (primary N) is 1. The summed E-state index contributed by atoms with van der Waals surface area (Å²) < 4.78 is 1.67. The third kappa shape index (κ3) is 6.23. The number of aromatic nitrogens is 2. The van der Waals surface area contributed by atoms with Crippen LogP contribution in [0, 0.1) is 13.8 Å². The molecule has 2 aromatic rings. The highest BCUT2D eigenvalue weighted by Gasteiger charge is 2.19. The number of hydrogen-bond donors (Lipinski definition) is 3. The van der Waals surface area contributed by atoms with E-state index in [4.69, 9.17) is 17.3 Å². The van der Waals surface area contributed by atoms with E-state index in [0.29, 0.717) is 35.8 Å². The lowest BCUT2D eigenvalue weighted by atomic mass is 10.2. The second-order valence-electron chi connectivity index (χ2n) is 6.17. The summed E-state index contributed by atoms with van der Waals surface area (Å²) in [5, 5.41) is 10.2. The summed E-state index contributed by atoms with van der Waals surface area (Å²) in [7, 11) is 0. The Morgan fingerprint density at radius 1 is 1.26 bits per heavy atom. The van der Waals surface area contributed by atoms with Crippen LogP contribution in [0.25, 0.3) is 0 Å². The molecule has 2 amide bonds. The van der Waals surface area contributed by atoms with E-state index in [0.717, 1.165) is 11.4 Å². The monoisotopic (exact) mass is 413 g/mol. The zero-order chi connectivity index (χ0) is 19.3. The molecule has 9 heteroatoms. The molecule has 148 valence electrons. The highest BCUT2D eigenvalue weighted by Crippen LogP contribution is 2.26. The number of benzene rings is 1. The van der Waals surface area contributed by atoms with Gasteiger partial charge < -0.3 is 16.4 Å². The van der Waals surface area contributed by atoms with Crippen LogP contribution in [-0.2, 0) is 9.59 Å². The molecule has 1 heterocycles. The largest absolute Gasteiger partial charge is 0.330 e. The van der Waals surface area contributed by atoms with Gasteiger partial charge in [0, 0.05) is 17.8 Å². The van der Waals surface area contributed by atoms with Gasteiger partial charge in [0.05, 0.1) is 16.4 Å². The number of aryl methyl sites for hydroxylation is 2. The van der Waals surface area contributed by atoms with Crippen molar-refractivity contribution in [3.63, 3.8) is 0 Å². The van der Waals surface area contributed by atoms with Gasteiger partial charge in [0.25, 0.3) is 0 Å². The van der Waals surface area contributed by atoms with E-state index in [2.05, 4.69) is 15.7 Å². The first-order chi connectivity index (χ1) is 12.3. The van der Waals surface area contributed by atoms with Gasteiger partial charge in [-0.1, -0.05) is 11.6 Å². The lowest BCUT2D eigenvalue weighted by Crippen LogP contribution is -2.25. The SMILES string of the molecule is Cc1cc(C)n(C(C)C(=O)Nc2ccc(NC(=O)CCCN)cc2Cl)n1.Cl. The van der Waals surface area contributed by atoms with Crippen molar-refractivity contribution in [2.45, 2.75) is 39.7 Å². The van der Waals surface area contributed by atoms with E-state index in [9.17, 15) is 9.59 Å². The van der Waals surface area contributed by atoms with Gasteiger partial charge in [0.1, 0.15) is 6.04 Å². The van der Waals surface area contributed by atoms with Gasteiger partial charge in [-0.3, -0.25) is 14.3 Å². The fraction of sp³-hybridized carbons (Fsp3) is 0.389. The van der Waals surface area contributed by atoms with E-state index in [1.54, 1.807) is 29.8 Å². The van der Waals surface area contributed by atoms with E-state index in [1.165, 1.54) is 0 Å². The molecular weight excluding hydrogens is 389 g/mol. The summed E-state index contributed by atoms with van der Waals surface area (Å²) in [4.78, 5) is 24.2. The number of amides is 2. The Bertz CT molecular complexity index is 807. The number of nitrogens with one attached hydrogen (secondary N) is 2. The number of carbonyl (C=O) groups is 2. The van der Waals surface area contributed by atoms with Crippen molar-refractivity contribution >= 4 is 47.2 Å². The maximum Gasteiger partial charge on any atom is 0.248 e. The highest BCUT2D eigenvalue weighted by atomic mass is 35.5. The predicted molar refractivity (Wildman–Crippen MR) is 111 cm³/mol. The summed E-state index contributed by atoms with van der Waals surface area (Å²) in [5.74, 6) is -0.348. The van der Waals surface area contributed by atoms with Crippen LogP contribution in [0.3, 0.4) is 0 Å². The molecule has 0 aliphatic carbocycles. The first kappa shape index (κ1) is 23.0. The third-order valence-corrected chi connectivity index (χ3v) is 4.22. The maximum absolute atomic E-state index is 12.5. The molecule has 0 saturated carbocycles. The fourth-order valence-electron chi connectivity index (χ4n) is 2.57. The van der Waals surface area contributed by atoms with Crippen LogP contribution in [0.15, 0.2) is 24.3 Å². The molecule has 2 rings (SSSR count). The Kier molecular flexibility index (Phi) is 8.75. The van der Waals surface area contributed by atoms with Gasteiger partial charge in [-0.2, -0.15) is 5.10 Å². The van der Waals surface area contributed by atoms with Crippen molar-refractivity contribution in [1.82, 2.24) is 9.78 Å². The molecule has 1 atom stereocenters. The second-order valence-corrected chi connectivity index (χ2v) is 6.58. The van der Waals surface area contributed by atoms with Gasteiger partial charge in [-0.25, -0.2) is 0 Å². The Hall–Kier alpha value is -2.09. The molecule has 0 fully saturated rings. The molecule has 1 aromatic carbocycles. The van der Waals surface area contributed by atoms with Crippen molar-refractivity contribution in [3.8, 4) is 0 Å². The van der Waals surface area contributed by atoms with E-state index in [1.807, 2.05) is 19.9 Å². The molecule has 27 heavy (non-hydrogen) atoms. The highest BCUT2D eigenvalue weighted by molar-refractivity contribution is 6.34. The van der Waals surface area contributed by atoms with Gasteiger partial charge in [-0.15, -0.1) is 12.4 Å². The predicted octanol–water partition coefficient (Wildman–Crippen LogP) is 3.45. The van der Waals surface area contributed by atoms with Crippen molar-refractivity contribution in [2.24, 2.45) is 5.73 Å². The molecule has 0 saturated heterocycles. The summed E-state index contributed by atoms with van der Waals surface area (Å²) in [6, 6.07) is 6.39. The Morgan fingerprint density at radius 2 is 1.96 bits per heavy atom. The third-order valence-electron chi connectivity index (χ3n) is 3.91. The zero-order valence-corrected chi connectivity index (χ0v) is 17.2. The Balaban J connectivity index is 0.00000364. The van der Waals surface area contributed by atoms with Crippen LogP contribution in [0.2, 0.25) is 5.02 Å². The minimum atomic E-state index is -0.476. The minimum absolute atomic E-state index is 0. The smallest absolute Gasteiger partial charge is 0.248 e. The number of anilines is 2. The number of carbonyl (C=O) groups excluding carboxylic acids is 2. The maximum atomic E-state index is 12.5. The molecular formula is C18H25Cl2N5O2. The lowest BCUT2D eigenvalue weighted by Gasteiger charge is -2.16. The standard InChI is InChI=1S/C18H24ClN5O2.ClH/c1-11-9-12(2)24(23-11)13(3)18(26)22-16-7-6-14(10-15(16)19)21-17(25)5-4-8-20;/h6-7,9-10,13H,4-5,8,20H2,1-3H3,(H,21,25)(H,22,26);1H. The Morgan fingerprint density at radius 3 is 2.52 bits per heavy atom. The number of rotatable bonds is 7. The molecule has 1 unspecified atom stereocenters. The van der Waals surface area contributed by atoms with Gasteiger partial charge in [-0.05, 0) is 58.0 Å². The first-order valence-corrected chi connectivity index (χ1v) is 8.82. The quantitative estimate of drug-likeness (QED) is 0.646. The molecule has 4 N–H and O–H groups in total. The van der Waals surface area contributed by atoms with Crippen LogP contribution in [0.4, 0.5) is 11.4 Å². The van der Waals surface area contributed by atoms with Crippen LogP contribution < -0.4 is 16.4 Å². The zero-order valence-electron chi connectivity index (χ0n) is 15.6. The molecule has 1 aromatic heterocycles. The molecule has 7 nitrogen and oxygen atoms in total. The van der Waals surface area contributed by atoms with Gasteiger partial charge in [0.15, 0.2) is 0 Å². The Labute approximate surface area is 170 Å². The number of halogens is 2. The number of nitrogens with zero attached hydrogens (tertiary/aromatic N) is 2. The molecule has 0 radical (unpaired) electrons. The van der Waals surface area contributed by atoms with Gasteiger partial charge >= 0.3 is 0 Å². The van der Waals surface area contributed by atoms with Crippen LogP contribution in [-0.4, -0.2) is 28.1 Å².